The van der Waals surface area contributed by atoms with E-state index in [2.05, 4.69) is 34.6 Å². The molecule has 34 heavy (non-hydrogen) atoms. The fraction of sp³-hybridized carbons (Fsp3) is 0.136. The molecule has 5 aromatic heterocycles. The monoisotopic (exact) mass is 697 g/mol. The first-order chi connectivity index (χ1) is 15.6. The van der Waals surface area contributed by atoms with Gasteiger partial charge in [0.2, 0.25) is 0 Å². The molecule has 0 fully saturated rings. The summed E-state index contributed by atoms with van der Waals surface area (Å²) in [6.07, 6.45) is 16.3. The van der Waals surface area contributed by atoms with Crippen LogP contribution < -0.4 is 24.8 Å². The maximum atomic E-state index is 4.67. The van der Waals surface area contributed by atoms with Crippen molar-refractivity contribution in [3.63, 3.8) is 0 Å². The summed E-state index contributed by atoms with van der Waals surface area (Å²) >= 11 is 1.33. The van der Waals surface area contributed by atoms with Crippen molar-refractivity contribution >= 4 is 9.64 Å². The van der Waals surface area contributed by atoms with Crippen LogP contribution in [0.25, 0.3) is 23.0 Å². The van der Waals surface area contributed by atoms with Gasteiger partial charge in [0.1, 0.15) is 11.4 Å². The molecule has 0 aliphatic heterocycles. The molecule has 8 nitrogen and oxygen atoms in total. The number of aryl methyl sites for hydroxylation is 3. The van der Waals surface area contributed by atoms with Gasteiger partial charge in [-0.05, 0) is 24.3 Å². The summed E-state index contributed by atoms with van der Waals surface area (Å²) < 4.78 is 5.78. The van der Waals surface area contributed by atoms with Crippen LogP contribution in [0.15, 0.2) is 92.3 Å². The molecule has 5 rings (SSSR count). The third-order valence-corrected chi connectivity index (χ3v) is 4.07. The number of hydrogen-bond donors (Lipinski definition) is 0. The summed E-state index contributed by atoms with van der Waals surface area (Å²) in [6.45, 7) is 0. The number of nitrogens with zero attached hydrogens (tertiary/aromatic N) is 8. The molecule has 0 aromatic carbocycles. The zero-order valence-electron chi connectivity index (χ0n) is 18.7. The Morgan fingerprint density at radius 2 is 1.09 bits per heavy atom. The number of rotatable bonds is 2. The average Bonchev–Trinajstić information content (AvgIpc) is 3.60. The minimum atomic E-state index is 0. The van der Waals surface area contributed by atoms with Crippen molar-refractivity contribution in [2.75, 3.05) is 0 Å². The first-order valence-corrected chi connectivity index (χ1v) is 12.6. The summed E-state index contributed by atoms with van der Waals surface area (Å²) in [5.74, 6) is 1.80. The van der Waals surface area contributed by atoms with Gasteiger partial charge in [-0.25, -0.2) is 15.0 Å². The summed E-state index contributed by atoms with van der Waals surface area (Å²) in [6, 6.07) is 11.6. The Labute approximate surface area is 226 Å². The van der Waals surface area contributed by atoms with Gasteiger partial charge in [-0.15, -0.1) is 0 Å². The van der Waals surface area contributed by atoms with E-state index in [1.54, 1.807) is 37.3 Å². The van der Waals surface area contributed by atoms with Gasteiger partial charge in [-0.3, -0.25) is 9.97 Å². The second-order valence-corrected chi connectivity index (χ2v) is 6.38. The van der Waals surface area contributed by atoms with Crippen LogP contribution in [0, 0.1) is 0 Å². The van der Waals surface area contributed by atoms with Crippen molar-refractivity contribution in [2.24, 2.45) is 21.1 Å². The molecule has 0 aliphatic rings. The molecule has 0 atom stereocenters. The number of pyridine rings is 2. The number of halogens is 3. The van der Waals surface area contributed by atoms with E-state index in [4.69, 9.17) is 0 Å². The van der Waals surface area contributed by atoms with Crippen molar-refractivity contribution in [3.8, 4) is 23.0 Å². The third kappa shape index (κ3) is 10.1. The first kappa shape index (κ1) is 31.4. The Morgan fingerprint density at radius 1 is 0.618 bits per heavy atom. The molecule has 183 valence electrons. The van der Waals surface area contributed by atoms with Gasteiger partial charge < -0.3 is 38.5 Å². The molecule has 0 radical (unpaired) electrons. The average molecular weight is 697 g/mol. The van der Waals surface area contributed by atoms with Gasteiger partial charge in [-0.1, -0.05) is 12.1 Å². The van der Waals surface area contributed by atoms with Gasteiger partial charge in [0.05, 0.1) is 6.33 Å². The quantitative estimate of drug-likeness (QED) is 0.215. The van der Waals surface area contributed by atoms with E-state index in [-0.39, 0.29) is 24.8 Å². The Hall–Kier alpha value is -2.56. The van der Waals surface area contributed by atoms with Crippen LogP contribution in [0.1, 0.15) is 0 Å². The van der Waals surface area contributed by atoms with E-state index in [1.807, 2.05) is 89.8 Å². The standard InChI is InChI=1S/2C9H9N3.C4H6N2.3ClH.Os/c2*1-12-7-6-11-9(12)8-4-2-3-5-10-8;1-6-3-2-5-4-6;;;;/h2*2-7H,1H3;2-4H,1H3;3*1H;/q;;;;;;+1/p-3. The third-order valence-electron chi connectivity index (χ3n) is 4.07. The van der Waals surface area contributed by atoms with Crippen LogP contribution in [0.5, 0.6) is 0 Å². The summed E-state index contributed by atoms with van der Waals surface area (Å²) in [5, 5.41) is 0. The van der Waals surface area contributed by atoms with E-state index in [1.165, 1.54) is 17.6 Å². The van der Waals surface area contributed by atoms with E-state index < -0.39 is 0 Å². The molecule has 5 heterocycles. The van der Waals surface area contributed by atoms with Crippen molar-refractivity contribution < 1.29 is 42.4 Å². The van der Waals surface area contributed by atoms with E-state index in [0.717, 1.165) is 23.0 Å². The molecular weight excluding hydrogens is 673 g/mol. The van der Waals surface area contributed by atoms with Crippen LogP contribution in [0.3, 0.4) is 0 Å². The molecule has 0 saturated carbocycles. The van der Waals surface area contributed by atoms with Crippen LogP contribution in [-0.2, 0) is 38.7 Å². The zero-order chi connectivity index (χ0) is 23.2. The normalized spacial score (nSPS) is 8.85. The summed E-state index contributed by atoms with van der Waals surface area (Å²) in [5.41, 5.74) is 1.81. The molecular formula is C22H24Cl3N8Os-2. The molecule has 0 amide bonds. The van der Waals surface area contributed by atoms with Crippen molar-refractivity contribution in [3.05, 3.63) is 92.3 Å². The van der Waals surface area contributed by atoms with Crippen molar-refractivity contribution in [1.82, 2.24) is 38.6 Å². The van der Waals surface area contributed by atoms with Crippen molar-refractivity contribution in [2.45, 2.75) is 0 Å². The summed E-state index contributed by atoms with van der Waals surface area (Å²) in [4.78, 5) is 20.6. The Kier molecular flexibility index (Phi) is 16.5. The Morgan fingerprint density at radius 3 is 1.32 bits per heavy atom. The SMILES string of the molecule is Cn1ccnc1.Cn1ccnc1-c1ccccn1.Cn1ccnc1-c1ccccn1.[Cl-].[Cl-].[Cl][Os]. The first-order valence-electron chi connectivity index (χ1n) is 9.48. The second-order valence-electron chi connectivity index (χ2n) is 6.38. The minimum absolute atomic E-state index is 0. The predicted octanol–water partition coefficient (Wildman–Crippen LogP) is -1.92. The topological polar surface area (TPSA) is 79.2 Å². The van der Waals surface area contributed by atoms with Crippen LogP contribution >= 0.6 is 9.64 Å². The molecule has 0 unspecified atom stereocenters. The second kappa shape index (κ2) is 17.9. The maximum absolute atomic E-state index is 4.67. The van der Waals surface area contributed by atoms with Crippen molar-refractivity contribution in [1.29, 1.82) is 0 Å². The Bertz CT molecular complexity index is 1060. The molecule has 0 spiro atoms. The van der Waals surface area contributed by atoms with E-state index >= 15 is 0 Å². The number of aromatic nitrogens is 8. The fourth-order valence-corrected chi connectivity index (χ4v) is 2.54. The molecule has 0 N–H and O–H groups in total. The molecule has 5 aromatic rings. The fourth-order valence-electron chi connectivity index (χ4n) is 2.54. The summed E-state index contributed by atoms with van der Waals surface area (Å²) in [7, 11) is 10.5. The zero-order valence-corrected chi connectivity index (χ0v) is 23.5. The Balaban J connectivity index is 0.000000471. The van der Waals surface area contributed by atoms with Gasteiger partial charge in [-0.2, -0.15) is 0 Å². The van der Waals surface area contributed by atoms with Crippen LogP contribution in [-0.4, -0.2) is 38.6 Å². The molecule has 0 bridgehead atoms. The molecule has 0 aliphatic carbocycles. The van der Waals surface area contributed by atoms with Gasteiger partial charge in [0, 0.05) is 70.7 Å². The van der Waals surface area contributed by atoms with Crippen LogP contribution in [0.4, 0.5) is 0 Å². The van der Waals surface area contributed by atoms with Gasteiger partial charge >= 0.3 is 27.2 Å². The van der Waals surface area contributed by atoms with Gasteiger partial charge in [0.25, 0.3) is 0 Å². The van der Waals surface area contributed by atoms with Crippen LogP contribution in [0.2, 0.25) is 0 Å². The molecule has 0 saturated heterocycles. The predicted molar refractivity (Wildman–Crippen MR) is 122 cm³/mol. The number of imidazole rings is 3. The number of hydrogen-bond acceptors (Lipinski definition) is 5. The van der Waals surface area contributed by atoms with E-state index in [0.29, 0.717) is 0 Å². The van der Waals surface area contributed by atoms with E-state index in [9.17, 15) is 0 Å². The molecule has 12 heteroatoms. The van der Waals surface area contributed by atoms with Gasteiger partial charge in [0.15, 0.2) is 11.6 Å².